The van der Waals surface area contributed by atoms with Gasteiger partial charge in [-0.15, -0.1) is 0 Å². The monoisotopic (exact) mass is 379 g/mol. The quantitative estimate of drug-likeness (QED) is 0.285. The fourth-order valence-corrected chi connectivity index (χ4v) is 2.50. The molecule has 0 bridgehead atoms. The molecule has 0 aliphatic heterocycles. The fraction of sp³-hybridized carbons (Fsp3) is 0.333. The zero-order valence-corrected chi connectivity index (χ0v) is 16.3. The van der Waals surface area contributed by atoms with E-state index in [1.54, 1.807) is 31.2 Å². The lowest BCUT2D eigenvalue weighted by Crippen LogP contribution is -2.13. The molecule has 0 saturated heterocycles. The van der Waals surface area contributed by atoms with Gasteiger partial charge in [0.2, 0.25) is 0 Å². The lowest BCUT2D eigenvalue weighted by atomic mass is 9.99. The van der Waals surface area contributed by atoms with Gasteiger partial charge in [-0.3, -0.25) is 9.79 Å². The zero-order chi connectivity index (χ0) is 19.9. The number of allylic oxidation sites excluding steroid dienone is 5. The van der Waals surface area contributed by atoms with E-state index in [1.807, 2.05) is 6.07 Å². The van der Waals surface area contributed by atoms with Crippen molar-refractivity contribution in [1.82, 2.24) is 0 Å². The van der Waals surface area contributed by atoms with Gasteiger partial charge in [0.1, 0.15) is 0 Å². The molecule has 0 aliphatic carbocycles. The lowest BCUT2D eigenvalue weighted by molar-refractivity contribution is -0.113. The van der Waals surface area contributed by atoms with E-state index in [9.17, 15) is 13.6 Å². The first-order valence-electron chi connectivity index (χ1n) is 8.32. The Hall–Kier alpha value is -2.07. The number of aliphatic imine (C=N–C) groups is 1. The number of Topliss-reactive ketones (excluding diaryl/α,β-unsaturated/α-hetero) is 1. The second-order valence-corrected chi connectivity index (χ2v) is 6.49. The molecule has 0 aliphatic rings. The summed E-state index contributed by atoms with van der Waals surface area (Å²) >= 11 is 6.26. The summed E-state index contributed by atoms with van der Waals surface area (Å²) in [6.07, 6.45) is 3.95. The summed E-state index contributed by atoms with van der Waals surface area (Å²) < 4.78 is 26.4. The number of nitrogens with zero attached hydrogens (tertiary/aromatic N) is 1. The normalized spacial score (nSPS) is 13.7. The highest BCUT2D eigenvalue weighted by Crippen LogP contribution is 2.24. The smallest absolute Gasteiger partial charge is 0.266 e. The number of halogens is 3. The van der Waals surface area contributed by atoms with E-state index in [0.717, 1.165) is 6.92 Å². The van der Waals surface area contributed by atoms with E-state index in [4.69, 9.17) is 11.6 Å². The van der Waals surface area contributed by atoms with Crippen molar-refractivity contribution in [2.75, 3.05) is 0 Å². The number of rotatable bonds is 8. The standard InChI is InChI=1S/C21H24ClF2NO/c1-6-17(16(4)26)20(18-12-7-8-13-19(18)22)25-15(3)11-9-10-14(2)21(5,23)24/h6-8,10,12-13H,3,9,11H2,1-2,4-5H3/b14-10+,17-6-,25-20+. The third-order valence-corrected chi connectivity index (χ3v) is 4.23. The first kappa shape index (κ1) is 22.0. The van der Waals surface area contributed by atoms with Crippen LogP contribution in [0.4, 0.5) is 8.78 Å². The van der Waals surface area contributed by atoms with Gasteiger partial charge in [-0.2, -0.15) is 0 Å². The third kappa shape index (κ3) is 6.34. The SMILES string of the molecule is C=C(CC/C=C(\C)C(C)(F)F)/N=C(\C(=C/C)C(C)=O)c1ccccc1Cl. The van der Waals surface area contributed by atoms with Crippen LogP contribution >= 0.6 is 11.6 Å². The van der Waals surface area contributed by atoms with E-state index < -0.39 is 5.92 Å². The first-order chi connectivity index (χ1) is 12.1. The van der Waals surface area contributed by atoms with Gasteiger partial charge in [-0.05, 0) is 45.3 Å². The van der Waals surface area contributed by atoms with E-state index in [0.29, 0.717) is 40.4 Å². The Kier molecular flexibility index (Phi) is 8.09. The molecule has 26 heavy (non-hydrogen) atoms. The lowest BCUT2D eigenvalue weighted by Gasteiger charge is -2.12. The summed E-state index contributed by atoms with van der Waals surface area (Å²) in [5, 5.41) is 0.473. The van der Waals surface area contributed by atoms with Gasteiger partial charge in [-0.25, -0.2) is 8.78 Å². The Bertz CT molecular complexity index is 770. The minimum atomic E-state index is -2.83. The van der Waals surface area contributed by atoms with Crippen LogP contribution in [-0.4, -0.2) is 17.4 Å². The van der Waals surface area contributed by atoms with E-state index >= 15 is 0 Å². The highest BCUT2D eigenvalue weighted by Gasteiger charge is 2.23. The van der Waals surface area contributed by atoms with Crippen molar-refractivity contribution in [3.8, 4) is 0 Å². The molecule has 0 spiro atoms. The van der Waals surface area contributed by atoms with Crippen LogP contribution in [0.2, 0.25) is 5.02 Å². The van der Waals surface area contributed by atoms with Crippen LogP contribution < -0.4 is 0 Å². The Labute approximate surface area is 159 Å². The van der Waals surface area contributed by atoms with Gasteiger partial charge in [0.25, 0.3) is 5.92 Å². The molecule has 1 aromatic carbocycles. The van der Waals surface area contributed by atoms with Crippen molar-refractivity contribution in [3.63, 3.8) is 0 Å². The molecule has 0 saturated carbocycles. The average molecular weight is 380 g/mol. The minimum Gasteiger partial charge on any atom is -0.294 e. The Morgan fingerprint density at radius 2 is 1.92 bits per heavy atom. The van der Waals surface area contributed by atoms with Crippen LogP contribution in [0.15, 0.2) is 64.8 Å². The van der Waals surface area contributed by atoms with Crippen LogP contribution in [0.5, 0.6) is 0 Å². The molecule has 140 valence electrons. The molecular formula is C21H24ClF2NO. The second kappa shape index (κ2) is 9.58. The summed E-state index contributed by atoms with van der Waals surface area (Å²) in [7, 11) is 0. The highest BCUT2D eigenvalue weighted by molar-refractivity contribution is 6.38. The van der Waals surface area contributed by atoms with Crippen LogP contribution in [0, 0.1) is 0 Å². The molecule has 5 heteroatoms. The number of hydrogen-bond acceptors (Lipinski definition) is 2. The van der Waals surface area contributed by atoms with Crippen LogP contribution in [0.3, 0.4) is 0 Å². The van der Waals surface area contributed by atoms with Gasteiger partial charge in [0.15, 0.2) is 5.78 Å². The number of carbonyl (C=O) groups excluding carboxylic acids is 1. The van der Waals surface area contributed by atoms with Crippen molar-refractivity contribution in [1.29, 1.82) is 0 Å². The fourth-order valence-electron chi connectivity index (χ4n) is 2.27. The van der Waals surface area contributed by atoms with Gasteiger partial charge in [-0.1, -0.05) is 48.5 Å². The number of ketones is 1. The van der Waals surface area contributed by atoms with Crippen molar-refractivity contribution < 1.29 is 13.6 Å². The Morgan fingerprint density at radius 1 is 1.31 bits per heavy atom. The van der Waals surface area contributed by atoms with Crippen molar-refractivity contribution in [2.45, 2.75) is 46.5 Å². The zero-order valence-electron chi connectivity index (χ0n) is 15.6. The average Bonchev–Trinajstić information content (AvgIpc) is 2.53. The maximum Gasteiger partial charge on any atom is 0.266 e. The van der Waals surface area contributed by atoms with Crippen LogP contribution in [0.1, 0.15) is 46.1 Å². The second-order valence-electron chi connectivity index (χ2n) is 6.08. The van der Waals surface area contributed by atoms with E-state index in [2.05, 4.69) is 11.6 Å². The molecule has 0 radical (unpaired) electrons. The molecule has 0 fully saturated rings. The predicted molar refractivity (Wildman–Crippen MR) is 105 cm³/mol. The minimum absolute atomic E-state index is 0.0125. The molecule has 2 nitrogen and oxygen atoms in total. The topological polar surface area (TPSA) is 29.4 Å². The summed E-state index contributed by atoms with van der Waals surface area (Å²) in [5.74, 6) is -2.97. The van der Waals surface area contributed by atoms with Gasteiger partial charge in [0.05, 0.1) is 5.71 Å². The van der Waals surface area contributed by atoms with Crippen molar-refractivity contribution in [3.05, 3.63) is 70.4 Å². The van der Waals surface area contributed by atoms with Crippen LogP contribution in [0.25, 0.3) is 0 Å². The van der Waals surface area contributed by atoms with Gasteiger partial charge < -0.3 is 0 Å². The number of hydrogen-bond donors (Lipinski definition) is 0. The molecule has 0 atom stereocenters. The summed E-state index contributed by atoms with van der Waals surface area (Å²) in [6, 6.07) is 7.10. The van der Waals surface area contributed by atoms with Gasteiger partial charge in [0, 0.05) is 28.8 Å². The van der Waals surface area contributed by atoms with E-state index in [1.165, 1.54) is 19.9 Å². The molecule has 1 aromatic rings. The number of carbonyl (C=O) groups is 1. The third-order valence-electron chi connectivity index (χ3n) is 3.90. The molecule has 0 aromatic heterocycles. The molecule has 0 amide bonds. The Balaban J connectivity index is 3.14. The number of alkyl halides is 2. The largest absolute Gasteiger partial charge is 0.294 e. The van der Waals surface area contributed by atoms with Crippen LogP contribution in [-0.2, 0) is 4.79 Å². The molecule has 1 rings (SSSR count). The van der Waals surface area contributed by atoms with Crippen molar-refractivity contribution >= 4 is 23.1 Å². The summed E-state index contributed by atoms with van der Waals surface area (Å²) in [4.78, 5) is 16.5. The predicted octanol–water partition coefficient (Wildman–Crippen LogP) is 6.56. The van der Waals surface area contributed by atoms with Crippen molar-refractivity contribution in [2.24, 2.45) is 4.99 Å². The number of benzene rings is 1. The summed E-state index contributed by atoms with van der Waals surface area (Å²) in [6.45, 7) is 9.37. The molecule has 0 N–H and O–H groups in total. The first-order valence-corrected chi connectivity index (χ1v) is 8.69. The Morgan fingerprint density at radius 3 is 2.42 bits per heavy atom. The summed E-state index contributed by atoms with van der Waals surface area (Å²) in [5.41, 5.74) is 2.01. The molecule has 0 unspecified atom stereocenters. The highest BCUT2D eigenvalue weighted by atomic mass is 35.5. The van der Waals surface area contributed by atoms with Gasteiger partial charge >= 0.3 is 0 Å². The maximum atomic E-state index is 13.2. The molecule has 0 heterocycles. The van der Waals surface area contributed by atoms with E-state index in [-0.39, 0.29) is 11.4 Å². The maximum absolute atomic E-state index is 13.2. The molecular weight excluding hydrogens is 356 g/mol.